The monoisotopic (exact) mass is 367 g/mol. The SMILES string of the molecule is COCCCN1C(=O)SC(=Cc2cc(OC)c(OC)c(OC)c2)C1=O. The highest BCUT2D eigenvalue weighted by atomic mass is 32.2. The number of carbonyl (C=O) groups excluding carboxylic acids is 2. The molecule has 1 heterocycles. The van der Waals surface area contributed by atoms with Crippen molar-refractivity contribution in [3.8, 4) is 17.2 Å². The zero-order chi connectivity index (χ0) is 18.4. The van der Waals surface area contributed by atoms with Crippen molar-refractivity contribution < 1.29 is 28.5 Å². The highest BCUT2D eigenvalue weighted by Crippen LogP contribution is 2.40. The van der Waals surface area contributed by atoms with Crippen molar-refractivity contribution in [1.29, 1.82) is 0 Å². The van der Waals surface area contributed by atoms with Gasteiger partial charge in [-0.25, -0.2) is 0 Å². The Bertz CT molecular complexity index is 663. The van der Waals surface area contributed by atoms with Crippen LogP contribution in [0, 0.1) is 0 Å². The molecule has 136 valence electrons. The molecule has 0 saturated carbocycles. The molecule has 25 heavy (non-hydrogen) atoms. The molecule has 0 N–H and O–H groups in total. The van der Waals surface area contributed by atoms with Gasteiger partial charge in [-0.3, -0.25) is 14.5 Å². The third-order valence-corrected chi connectivity index (χ3v) is 4.50. The Morgan fingerprint density at radius 1 is 1.04 bits per heavy atom. The molecule has 7 nitrogen and oxygen atoms in total. The molecule has 0 bridgehead atoms. The van der Waals surface area contributed by atoms with E-state index in [4.69, 9.17) is 18.9 Å². The van der Waals surface area contributed by atoms with Gasteiger partial charge >= 0.3 is 0 Å². The van der Waals surface area contributed by atoms with E-state index in [0.717, 1.165) is 11.8 Å². The van der Waals surface area contributed by atoms with Gasteiger partial charge in [-0.2, -0.15) is 0 Å². The second kappa shape index (κ2) is 8.77. The van der Waals surface area contributed by atoms with E-state index in [2.05, 4.69) is 0 Å². The molecule has 1 aliphatic rings. The number of hydrogen-bond acceptors (Lipinski definition) is 7. The minimum atomic E-state index is -0.306. The largest absolute Gasteiger partial charge is 0.493 e. The van der Waals surface area contributed by atoms with E-state index >= 15 is 0 Å². The second-order valence-electron chi connectivity index (χ2n) is 5.14. The van der Waals surface area contributed by atoms with E-state index in [1.165, 1.54) is 26.2 Å². The first-order chi connectivity index (χ1) is 12.0. The van der Waals surface area contributed by atoms with Crippen molar-refractivity contribution in [2.24, 2.45) is 0 Å². The number of carbonyl (C=O) groups is 2. The number of rotatable bonds is 8. The molecule has 2 amide bonds. The third kappa shape index (κ3) is 4.26. The number of hydrogen-bond donors (Lipinski definition) is 0. The van der Waals surface area contributed by atoms with Gasteiger partial charge in [-0.1, -0.05) is 0 Å². The summed E-state index contributed by atoms with van der Waals surface area (Å²) in [5, 5.41) is -0.278. The van der Waals surface area contributed by atoms with Gasteiger partial charge in [0.1, 0.15) is 0 Å². The number of methoxy groups -OCH3 is 4. The maximum Gasteiger partial charge on any atom is 0.293 e. The predicted octanol–water partition coefficient (Wildman–Crippen LogP) is 2.79. The minimum absolute atomic E-state index is 0.278. The van der Waals surface area contributed by atoms with Gasteiger partial charge in [0.15, 0.2) is 11.5 Å². The van der Waals surface area contributed by atoms with Crippen molar-refractivity contribution in [1.82, 2.24) is 4.90 Å². The van der Waals surface area contributed by atoms with Crippen LogP contribution in [0.4, 0.5) is 4.79 Å². The first kappa shape index (κ1) is 19.1. The highest BCUT2D eigenvalue weighted by molar-refractivity contribution is 8.18. The van der Waals surface area contributed by atoms with Gasteiger partial charge in [0.05, 0.1) is 26.2 Å². The Hall–Kier alpha value is -2.19. The van der Waals surface area contributed by atoms with Gasteiger partial charge < -0.3 is 18.9 Å². The number of imide groups is 1. The lowest BCUT2D eigenvalue weighted by Gasteiger charge is -2.13. The van der Waals surface area contributed by atoms with Crippen LogP contribution in [0.3, 0.4) is 0 Å². The van der Waals surface area contributed by atoms with Crippen LogP contribution in [0.2, 0.25) is 0 Å². The van der Waals surface area contributed by atoms with Gasteiger partial charge in [-0.15, -0.1) is 0 Å². The Balaban J connectivity index is 2.28. The quantitative estimate of drug-likeness (QED) is 0.517. The van der Waals surface area contributed by atoms with Crippen molar-refractivity contribution in [2.45, 2.75) is 6.42 Å². The molecule has 1 aromatic rings. The Kier molecular flexibility index (Phi) is 6.72. The summed E-state index contributed by atoms with van der Waals surface area (Å²) in [6.45, 7) is 0.832. The molecule has 0 unspecified atom stereocenters. The molecule has 0 aromatic heterocycles. The van der Waals surface area contributed by atoms with Crippen molar-refractivity contribution in [2.75, 3.05) is 41.6 Å². The smallest absolute Gasteiger partial charge is 0.293 e. The van der Waals surface area contributed by atoms with E-state index in [1.54, 1.807) is 25.3 Å². The lowest BCUT2D eigenvalue weighted by molar-refractivity contribution is -0.122. The molecule has 1 saturated heterocycles. The normalized spacial score (nSPS) is 15.8. The molecule has 0 spiro atoms. The molecule has 2 rings (SSSR count). The van der Waals surface area contributed by atoms with E-state index in [1.807, 2.05) is 0 Å². The standard InChI is InChI=1S/C17H21NO6S/c1-21-7-5-6-18-16(19)14(25-17(18)20)10-11-8-12(22-2)15(24-4)13(9-11)23-3/h8-10H,5-7H2,1-4H3. The predicted molar refractivity (Wildman–Crippen MR) is 95.3 cm³/mol. The van der Waals surface area contributed by atoms with Crippen LogP contribution in [0.5, 0.6) is 17.2 Å². The molecule has 0 radical (unpaired) electrons. The topological polar surface area (TPSA) is 74.3 Å². The molecular formula is C17H21NO6S. The average Bonchev–Trinajstić information content (AvgIpc) is 2.88. The minimum Gasteiger partial charge on any atom is -0.493 e. The fraction of sp³-hybridized carbons (Fsp3) is 0.412. The summed E-state index contributed by atoms with van der Waals surface area (Å²) < 4.78 is 20.8. The van der Waals surface area contributed by atoms with Crippen molar-refractivity contribution in [3.05, 3.63) is 22.6 Å². The Morgan fingerprint density at radius 3 is 2.20 bits per heavy atom. The van der Waals surface area contributed by atoms with E-state index < -0.39 is 0 Å². The van der Waals surface area contributed by atoms with Crippen LogP contribution in [0.25, 0.3) is 6.08 Å². The summed E-state index contributed by atoms with van der Waals surface area (Å²) in [6.07, 6.45) is 2.25. The summed E-state index contributed by atoms with van der Waals surface area (Å²) in [5.74, 6) is 1.12. The molecule has 1 aromatic carbocycles. The van der Waals surface area contributed by atoms with Crippen LogP contribution < -0.4 is 14.2 Å². The molecule has 1 aliphatic heterocycles. The van der Waals surface area contributed by atoms with Crippen LogP contribution in [0.15, 0.2) is 17.0 Å². The van der Waals surface area contributed by atoms with Crippen LogP contribution in [-0.4, -0.2) is 57.6 Å². The van der Waals surface area contributed by atoms with Gasteiger partial charge in [0.2, 0.25) is 5.75 Å². The average molecular weight is 367 g/mol. The number of ether oxygens (including phenoxy) is 4. The lowest BCUT2D eigenvalue weighted by atomic mass is 10.1. The van der Waals surface area contributed by atoms with Crippen LogP contribution >= 0.6 is 11.8 Å². The van der Waals surface area contributed by atoms with Gasteiger partial charge in [-0.05, 0) is 42.0 Å². The third-order valence-electron chi connectivity index (χ3n) is 3.59. The van der Waals surface area contributed by atoms with Gasteiger partial charge in [0, 0.05) is 20.3 Å². The summed E-state index contributed by atoms with van der Waals surface area (Å²) >= 11 is 0.916. The van der Waals surface area contributed by atoms with Crippen LogP contribution in [0.1, 0.15) is 12.0 Å². The summed E-state index contributed by atoms with van der Waals surface area (Å²) in [6, 6.07) is 3.44. The fourth-order valence-corrected chi connectivity index (χ4v) is 3.26. The number of amides is 2. The maximum absolute atomic E-state index is 12.4. The zero-order valence-corrected chi connectivity index (χ0v) is 15.5. The maximum atomic E-state index is 12.4. The Labute approximate surface area is 150 Å². The van der Waals surface area contributed by atoms with E-state index in [-0.39, 0.29) is 11.1 Å². The second-order valence-corrected chi connectivity index (χ2v) is 6.13. The van der Waals surface area contributed by atoms with E-state index in [9.17, 15) is 9.59 Å². The van der Waals surface area contributed by atoms with Gasteiger partial charge in [0.25, 0.3) is 11.1 Å². The molecule has 0 atom stereocenters. The van der Waals surface area contributed by atoms with E-state index in [0.29, 0.717) is 47.3 Å². The molecule has 0 aliphatic carbocycles. The zero-order valence-electron chi connectivity index (χ0n) is 14.7. The first-order valence-electron chi connectivity index (χ1n) is 7.60. The number of thioether (sulfide) groups is 1. The van der Waals surface area contributed by atoms with Crippen LogP contribution in [-0.2, 0) is 9.53 Å². The first-order valence-corrected chi connectivity index (χ1v) is 8.41. The fourth-order valence-electron chi connectivity index (χ4n) is 2.40. The molecule has 1 fully saturated rings. The summed E-state index contributed by atoms with van der Waals surface area (Å²) in [4.78, 5) is 26.1. The molecule has 8 heteroatoms. The lowest BCUT2D eigenvalue weighted by Crippen LogP contribution is -2.29. The molecular weight excluding hydrogens is 346 g/mol. The highest BCUT2D eigenvalue weighted by Gasteiger charge is 2.34. The van der Waals surface area contributed by atoms with Crippen molar-refractivity contribution >= 4 is 29.0 Å². The number of nitrogens with zero attached hydrogens (tertiary/aromatic N) is 1. The summed E-state index contributed by atoms with van der Waals surface area (Å²) in [7, 11) is 6.14. The Morgan fingerprint density at radius 2 is 1.68 bits per heavy atom. The number of benzene rings is 1. The van der Waals surface area contributed by atoms with Crippen molar-refractivity contribution in [3.63, 3.8) is 0 Å². The summed E-state index contributed by atoms with van der Waals surface area (Å²) in [5.41, 5.74) is 0.678.